The van der Waals surface area contributed by atoms with Crippen molar-refractivity contribution in [3.8, 4) is 5.75 Å². The molecule has 2 aromatic rings. The van der Waals surface area contributed by atoms with Crippen LogP contribution in [0, 0.1) is 5.82 Å². The van der Waals surface area contributed by atoms with Crippen LogP contribution in [0.2, 0.25) is 0 Å². The van der Waals surface area contributed by atoms with Gasteiger partial charge in [-0.2, -0.15) is 0 Å². The van der Waals surface area contributed by atoms with Crippen molar-refractivity contribution in [1.29, 1.82) is 0 Å². The number of hydrogen-bond acceptors (Lipinski definition) is 4. The van der Waals surface area contributed by atoms with E-state index in [4.69, 9.17) is 4.74 Å². The lowest BCUT2D eigenvalue weighted by Crippen LogP contribution is -2.14. The largest absolute Gasteiger partial charge is 0.497 e. The Bertz CT molecular complexity index is 720. The lowest BCUT2D eigenvalue weighted by molar-refractivity contribution is 0.411. The molecule has 8 heteroatoms. The van der Waals surface area contributed by atoms with Crippen molar-refractivity contribution in [3.05, 3.63) is 46.9 Å². The van der Waals surface area contributed by atoms with Crippen molar-refractivity contribution in [2.24, 2.45) is 0 Å². The first-order valence-electron chi connectivity index (χ1n) is 5.40. The molecule has 0 aliphatic carbocycles. The van der Waals surface area contributed by atoms with Crippen molar-refractivity contribution in [3.63, 3.8) is 0 Å². The van der Waals surface area contributed by atoms with Gasteiger partial charge in [-0.1, -0.05) is 0 Å². The third-order valence-corrected chi connectivity index (χ3v) is 4.27. The van der Waals surface area contributed by atoms with Crippen molar-refractivity contribution < 1.29 is 17.5 Å². The number of nitrogens with one attached hydrogen (secondary N) is 1. The highest BCUT2D eigenvalue weighted by atomic mass is 79.9. The number of ether oxygens (including phenoxy) is 1. The Balaban J connectivity index is 2.37. The molecular formula is C12H10BrFN2O3S. The molecule has 0 bridgehead atoms. The minimum absolute atomic E-state index is 0.232. The van der Waals surface area contributed by atoms with E-state index in [1.165, 1.54) is 25.4 Å². The van der Waals surface area contributed by atoms with Gasteiger partial charge in [0, 0.05) is 6.07 Å². The van der Waals surface area contributed by atoms with Crippen LogP contribution < -0.4 is 9.46 Å². The zero-order valence-corrected chi connectivity index (χ0v) is 12.7. The van der Waals surface area contributed by atoms with Crippen molar-refractivity contribution in [1.82, 2.24) is 4.98 Å². The Morgan fingerprint density at radius 1 is 1.30 bits per heavy atom. The van der Waals surface area contributed by atoms with Crippen LogP contribution >= 0.6 is 15.9 Å². The van der Waals surface area contributed by atoms with E-state index >= 15 is 0 Å². The Morgan fingerprint density at radius 3 is 2.65 bits per heavy atom. The number of aromatic nitrogens is 1. The summed E-state index contributed by atoms with van der Waals surface area (Å²) >= 11 is 3.14. The number of pyridine rings is 1. The van der Waals surface area contributed by atoms with Gasteiger partial charge in [0.05, 0.1) is 19.0 Å². The number of anilines is 1. The molecule has 2 rings (SSSR count). The third-order valence-electron chi connectivity index (χ3n) is 2.41. The molecule has 0 fully saturated rings. The molecule has 1 N–H and O–H groups in total. The molecule has 0 saturated heterocycles. The monoisotopic (exact) mass is 360 g/mol. The summed E-state index contributed by atoms with van der Waals surface area (Å²) in [5.41, 5.74) is 0.232. The van der Waals surface area contributed by atoms with Gasteiger partial charge in [-0.05, 0) is 40.2 Å². The number of rotatable bonds is 4. The molecule has 20 heavy (non-hydrogen) atoms. The summed E-state index contributed by atoms with van der Waals surface area (Å²) < 4.78 is 45.6. The highest BCUT2D eigenvalue weighted by Gasteiger charge is 2.20. The Kier molecular flexibility index (Phi) is 4.24. The Morgan fingerprint density at radius 2 is 2.05 bits per heavy atom. The average molecular weight is 361 g/mol. The molecule has 0 atom stereocenters. The molecule has 0 aliphatic heterocycles. The smallest absolute Gasteiger partial charge is 0.265 e. The first-order chi connectivity index (χ1) is 9.42. The van der Waals surface area contributed by atoms with Crippen LogP contribution in [0.5, 0.6) is 5.75 Å². The Labute approximate surface area is 124 Å². The predicted octanol–water partition coefficient (Wildman–Crippen LogP) is 2.79. The van der Waals surface area contributed by atoms with E-state index < -0.39 is 20.7 Å². The molecule has 0 amide bonds. The number of halogens is 2. The zero-order chi connectivity index (χ0) is 14.8. The van der Waals surface area contributed by atoms with Crippen LogP contribution in [0.4, 0.5) is 10.1 Å². The second-order valence-electron chi connectivity index (χ2n) is 3.77. The molecular weight excluding hydrogens is 351 g/mol. The van der Waals surface area contributed by atoms with Crippen LogP contribution in [0.1, 0.15) is 0 Å². The molecule has 0 aliphatic rings. The fraction of sp³-hybridized carbons (Fsp3) is 0.0833. The first kappa shape index (κ1) is 14.7. The molecule has 1 aromatic heterocycles. The van der Waals surface area contributed by atoms with E-state index in [2.05, 4.69) is 25.6 Å². The minimum Gasteiger partial charge on any atom is -0.497 e. The van der Waals surface area contributed by atoms with Gasteiger partial charge in [0.15, 0.2) is 0 Å². The Hall–Kier alpha value is -1.67. The summed E-state index contributed by atoms with van der Waals surface area (Å²) in [5.74, 6) is -0.607. The van der Waals surface area contributed by atoms with Crippen molar-refractivity contribution in [2.75, 3.05) is 11.8 Å². The first-order valence-corrected chi connectivity index (χ1v) is 7.68. The van der Waals surface area contributed by atoms with Gasteiger partial charge >= 0.3 is 0 Å². The van der Waals surface area contributed by atoms with Gasteiger partial charge in [-0.25, -0.2) is 17.8 Å². The number of hydrogen-bond donors (Lipinski definition) is 1. The minimum atomic E-state index is -4.05. The fourth-order valence-electron chi connectivity index (χ4n) is 1.46. The van der Waals surface area contributed by atoms with E-state index in [0.29, 0.717) is 4.60 Å². The van der Waals surface area contributed by atoms with Gasteiger partial charge in [-0.15, -0.1) is 0 Å². The van der Waals surface area contributed by atoms with E-state index in [9.17, 15) is 12.8 Å². The standard InChI is InChI=1S/C12H10BrFN2O3S/c1-19-9-3-4-10(14)11(6-9)20(17,18)16-8-2-5-12(13)15-7-8/h2-7,16H,1H3. The van der Waals surface area contributed by atoms with Gasteiger partial charge in [0.1, 0.15) is 21.1 Å². The zero-order valence-electron chi connectivity index (χ0n) is 10.3. The number of sulfonamides is 1. The molecule has 0 saturated carbocycles. The van der Waals surface area contributed by atoms with Gasteiger partial charge in [0.25, 0.3) is 10.0 Å². The quantitative estimate of drug-likeness (QED) is 0.851. The molecule has 1 aromatic carbocycles. The molecule has 0 unspecified atom stereocenters. The highest BCUT2D eigenvalue weighted by molar-refractivity contribution is 9.10. The van der Waals surface area contributed by atoms with Gasteiger partial charge in [-0.3, -0.25) is 4.72 Å². The SMILES string of the molecule is COc1ccc(F)c(S(=O)(=O)Nc2ccc(Br)nc2)c1. The van der Waals surface area contributed by atoms with Crippen LogP contribution in [0.15, 0.2) is 46.0 Å². The topological polar surface area (TPSA) is 68.3 Å². The summed E-state index contributed by atoms with van der Waals surface area (Å²) in [7, 11) is -2.68. The molecule has 0 spiro atoms. The average Bonchev–Trinajstić information content (AvgIpc) is 2.41. The number of benzene rings is 1. The van der Waals surface area contributed by atoms with Crippen LogP contribution in [-0.4, -0.2) is 20.5 Å². The maximum atomic E-state index is 13.7. The summed E-state index contributed by atoms with van der Waals surface area (Å²) in [6.07, 6.45) is 1.32. The fourth-order valence-corrected chi connectivity index (χ4v) is 2.83. The summed E-state index contributed by atoms with van der Waals surface area (Å²) in [5, 5.41) is 0. The molecule has 1 heterocycles. The van der Waals surface area contributed by atoms with Crippen LogP contribution in [0.3, 0.4) is 0 Å². The van der Waals surface area contributed by atoms with E-state index in [0.717, 1.165) is 12.1 Å². The van der Waals surface area contributed by atoms with Crippen LogP contribution in [-0.2, 0) is 10.0 Å². The number of methoxy groups -OCH3 is 1. The normalized spacial score (nSPS) is 11.2. The lowest BCUT2D eigenvalue weighted by atomic mass is 10.3. The second-order valence-corrected chi connectivity index (χ2v) is 6.23. The molecule has 0 radical (unpaired) electrons. The lowest BCUT2D eigenvalue weighted by Gasteiger charge is -2.10. The van der Waals surface area contributed by atoms with E-state index in [1.807, 2.05) is 0 Å². The summed E-state index contributed by atoms with van der Waals surface area (Å²) in [4.78, 5) is 3.40. The predicted molar refractivity (Wildman–Crippen MR) is 75.7 cm³/mol. The van der Waals surface area contributed by atoms with Gasteiger partial charge < -0.3 is 4.74 Å². The summed E-state index contributed by atoms with van der Waals surface area (Å²) in [6.45, 7) is 0. The van der Waals surface area contributed by atoms with Crippen LogP contribution in [0.25, 0.3) is 0 Å². The maximum Gasteiger partial charge on any atom is 0.265 e. The maximum absolute atomic E-state index is 13.7. The van der Waals surface area contributed by atoms with Gasteiger partial charge in [0.2, 0.25) is 0 Å². The second kappa shape index (κ2) is 5.76. The van der Waals surface area contributed by atoms with E-state index in [1.54, 1.807) is 6.07 Å². The highest BCUT2D eigenvalue weighted by Crippen LogP contribution is 2.23. The van der Waals surface area contributed by atoms with Crippen molar-refractivity contribution >= 4 is 31.6 Å². The third kappa shape index (κ3) is 3.26. The summed E-state index contributed by atoms with van der Waals surface area (Å²) in [6, 6.07) is 6.57. The molecule has 5 nitrogen and oxygen atoms in total. The molecule has 106 valence electrons. The van der Waals surface area contributed by atoms with E-state index in [-0.39, 0.29) is 11.4 Å². The van der Waals surface area contributed by atoms with Crippen molar-refractivity contribution in [2.45, 2.75) is 4.90 Å². The number of nitrogens with zero attached hydrogens (tertiary/aromatic N) is 1.